The molecule has 0 saturated heterocycles. The van der Waals surface area contributed by atoms with Crippen LogP contribution in [0.5, 0.6) is 0 Å². The van der Waals surface area contributed by atoms with E-state index in [2.05, 4.69) is 15.4 Å². The van der Waals surface area contributed by atoms with E-state index in [1.165, 1.54) is 6.07 Å². The number of aromatic nitrogens is 3. The zero-order valence-electron chi connectivity index (χ0n) is 15.2. The van der Waals surface area contributed by atoms with E-state index in [1.807, 2.05) is 19.1 Å². The number of anilines is 1. The SMILES string of the molecule is Cc1cnn2c(NCc3ccc(C(N)=O)cc3)cc(-c3ccccc3F)nc12. The smallest absolute Gasteiger partial charge is 0.248 e. The van der Waals surface area contributed by atoms with Crippen molar-refractivity contribution >= 4 is 17.4 Å². The lowest BCUT2D eigenvalue weighted by Crippen LogP contribution is -2.11. The first-order valence-electron chi connectivity index (χ1n) is 8.76. The summed E-state index contributed by atoms with van der Waals surface area (Å²) in [4.78, 5) is 15.8. The van der Waals surface area contributed by atoms with Gasteiger partial charge in [-0.15, -0.1) is 0 Å². The van der Waals surface area contributed by atoms with E-state index in [4.69, 9.17) is 5.73 Å². The third-order valence-corrected chi connectivity index (χ3v) is 4.51. The number of amides is 1. The fraction of sp³-hybridized carbons (Fsp3) is 0.0952. The van der Waals surface area contributed by atoms with Gasteiger partial charge in [0.05, 0.1) is 11.9 Å². The minimum Gasteiger partial charge on any atom is -0.366 e. The molecule has 4 rings (SSSR count). The molecule has 3 N–H and O–H groups in total. The van der Waals surface area contributed by atoms with Gasteiger partial charge in [-0.25, -0.2) is 9.37 Å². The number of hydrogen-bond donors (Lipinski definition) is 2. The van der Waals surface area contributed by atoms with Crippen molar-refractivity contribution < 1.29 is 9.18 Å². The third-order valence-electron chi connectivity index (χ3n) is 4.51. The molecule has 0 atom stereocenters. The predicted molar refractivity (Wildman–Crippen MR) is 105 cm³/mol. The minimum absolute atomic E-state index is 0.329. The number of benzene rings is 2. The zero-order valence-corrected chi connectivity index (χ0v) is 15.2. The van der Waals surface area contributed by atoms with E-state index in [0.29, 0.717) is 34.8 Å². The molecule has 0 bridgehead atoms. The number of primary amides is 1. The van der Waals surface area contributed by atoms with E-state index in [0.717, 1.165) is 11.1 Å². The maximum Gasteiger partial charge on any atom is 0.248 e. The van der Waals surface area contributed by atoms with Crippen LogP contribution in [0.4, 0.5) is 10.2 Å². The molecule has 140 valence electrons. The Labute approximate surface area is 160 Å². The maximum atomic E-state index is 14.3. The first-order valence-corrected chi connectivity index (χ1v) is 8.76. The monoisotopic (exact) mass is 375 g/mol. The Hall–Kier alpha value is -3.74. The van der Waals surface area contributed by atoms with Gasteiger partial charge in [-0.05, 0) is 36.8 Å². The van der Waals surface area contributed by atoms with E-state index >= 15 is 0 Å². The van der Waals surface area contributed by atoms with Gasteiger partial charge in [0, 0.05) is 29.3 Å². The molecule has 28 heavy (non-hydrogen) atoms. The number of nitrogens with one attached hydrogen (secondary N) is 1. The number of carbonyl (C=O) groups is 1. The molecule has 0 aliphatic heterocycles. The van der Waals surface area contributed by atoms with Crippen LogP contribution in [0, 0.1) is 12.7 Å². The zero-order chi connectivity index (χ0) is 19.7. The number of hydrogen-bond acceptors (Lipinski definition) is 4. The molecular weight excluding hydrogens is 357 g/mol. The number of nitrogens with zero attached hydrogens (tertiary/aromatic N) is 3. The van der Waals surface area contributed by atoms with Gasteiger partial charge < -0.3 is 11.1 Å². The fourth-order valence-corrected chi connectivity index (χ4v) is 2.98. The van der Waals surface area contributed by atoms with Crippen LogP contribution in [-0.2, 0) is 6.54 Å². The second-order valence-corrected chi connectivity index (χ2v) is 6.48. The van der Waals surface area contributed by atoms with Crippen molar-refractivity contribution in [3.05, 3.63) is 83.3 Å². The molecule has 0 fully saturated rings. The fourth-order valence-electron chi connectivity index (χ4n) is 2.98. The third kappa shape index (κ3) is 3.29. The van der Waals surface area contributed by atoms with Gasteiger partial charge in [0.15, 0.2) is 5.65 Å². The van der Waals surface area contributed by atoms with Gasteiger partial charge in [0.1, 0.15) is 11.6 Å². The van der Waals surface area contributed by atoms with Gasteiger partial charge in [-0.1, -0.05) is 24.3 Å². The molecule has 2 aromatic carbocycles. The predicted octanol–water partition coefficient (Wildman–Crippen LogP) is 3.55. The van der Waals surface area contributed by atoms with Crippen molar-refractivity contribution in [1.82, 2.24) is 14.6 Å². The van der Waals surface area contributed by atoms with Crippen molar-refractivity contribution in [3.63, 3.8) is 0 Å². The molecule has 0 spiro atoms. The highest BCUT2D eigenvalue weighted by molar-refractivity contribution is 5.92. The summed E-state index contributed by atoms with van der Waals surface area (Å²) in [5.74, 6) is -0.100. The Morgan fingerprint density at radius 2 is 1.93 bits per heavy atom. The van der Waals surface area contributed by atoms with Crippen LogP contribution in [-0.4, -0.2) is 20.5 Å². The number of fused-ring (bicyclic) bond motifs is 1. The van der Waals surface area contributed by atoms with E-state index in [9.17, 15) is 9.18 Å². The van der Waals surface area contributed by atoms with Gasteiger partial charge in [0.25, 0.3) is 0 Å². The average molecular weight is 375 g/mol. The molecule has 4 aromatic rings. The van der Waals surface area contributed by atoms with Gasteiger partial charge in [0.2, 0.25) is 5.91 Å². The summed E-state index contributed by atoms with van der Waals surface area (Å²) >= 11 is 0. The first kappa shape index (κ1) is 17.7. The van der Waals surface area contributed by atoms with Crippen LogP contribution in [0.3, 0.4) is 0 Å². The molecule has 0 saturated carbocycles. The van der Waals surface area contributed by atoms with Crippen molar-refractivity contribution in [2.75, 3.05) is 5.32 Å². The van der Waals surface area contributed by atoms with Crippen LogP contribution >= 0.6 is 0 Å². The van der Waals surface area contributed by atoms with Crippen LogP contribution in [0.25, 0.3) is 16.9 Å². The Morgan fingerprint density at radius 1 is 1.18 bits per heavy atom. The Balaban J connectivity index is 1.69. The largest absolute Gasteiger partial charge is 0.366 e. The number of aryl methyl sites for hydroxylation is 1. The first-order chi connectivity index (χ1) is 13.5. The highest BCUT2D eigenvalue weighted by atomic mass is 19.1. The molecule has 2 aromatic heterocycles. The van der Waals surface area contributed by atoms with Crippen LogP contribution < -0.4 is 11.1 Å². The number of nitrogens with two attached hydrogens (primary N) is 1. The second kappa shape index (κ2) is 7.11. The Bertz CT molecular complexity index is 1170. The Kier molecular flexibility index (Phi) is 4.49. The lowest BCUT2D eigenvalue weighted by atomic mass is 10.1. The number of carbonyl (C=O) groups excluding carboxylic acids is 1. The molecule has 0 aliphatic rings. The van der Waals surface area contributed by atoms with Crippen LogP contribution in [0.1, 0.15) is 21.5 Å². The molecule has 1 amide bonds. The van der Waals surface area contributed by atoms with Crippen molar-refractivity contribution in [1.29, 1.82) is 0 Å². The average Bonchev–Trinajstić information content (AvgIpc) is 3.08. The lowest BCUT2D eigenvalue weighted by molar-refractivity contribution is 0.100. The summed E-state index contributed by atoms with van der Waals surface area (Å²) in [7, 11) is 0. The summed E-state index contributed by atoms with van der Waals surface area (Å²) in [6.45, 7) is 2.40. The summed E-state index contributed by atoms with van der Waals surface area (Å²) in [5, 5.41) is 7.68. The molecule has 7 heteroatoms. The topological polar surface area (TPSA) is 85.3 Å². The maximum absolute atomic E-state index is 14.3. The molecule has 2 heterocycles. The van der Waals surface area contributed by atoms with E-state index in [-0.39, 0.29) is 5.82 Å². The van der Waals surface area contributed by atoms with Crippen molar-refractivity contribution in [2.45, 2.75) is 13.5 Å². The van der Waals surface area contributed by atoms with Gasteiger partial charge in [-0.3, -0.25) is 4.79 Å². The summed E-state index contributed by atoms with van der Waals surface area (Å²) in [6, 6.07) is 15.3. The Morgan fingerprint density at radius 3 is 2.64 bits per heavy atom. The van der Waals surface area contributed by atoms with E-state index in [1.54, 1.807) is 47.1 Å². The van der Waals surface area contributed by atoms with Crippen molar-refractivity contribution in [3.8, 4) is 11.3 Å². The molecule has 0 radical (unpaired) electrons. The molecular formula is C21H18FN5O. The van der Waals surface area contributed by atoms with Gasteiger partial charge >= 0.3 is 0 Å². The van der Waals surface area contributed by atoms with E-state index < -0.39 is 5.91 Å². The number of halogens is 1. The highest BCUT2D eigenvalue weighted by Crippen LogP contribution is 2.26. The van der Waals surface area contributed by atoms with Crippen molar-refractivity contribution in [2.24, 2.45) is 5.73 Å². The van der Waals surface area contributed by atoms with Crippen LogP contribution in [0.2, 0.25) is 0 Å². The standard InChI is InChI=1S/C21H18FN5O/c1-13-11-25-27-19(24-12-14-6-8-15(9-7-14)20(23)28)10-18(26-21(13)27)16-4-2-3-5-17(16)22/h2-11,24H,12H2,1H3,(H2,23,28). The quantitative estimate of drug-likeness (QED) is 0.559. The minimum atomic E-state index is -0.461. The molecule has 6 nitrogen and oxygen atoms in total. The summed E-state index contributed by atoms with van der Waals surface area (Å²) < 4.78 is 16.0. The summed E-state index contributed by atoms with van der Waals surface area (Å²) in [6.07, 6.45) is 1.72. The lowest BCUT2D eigenvalue weighted by Gasteiger charge is -2.12. The number of rotatable bonds is 5. The second-order valence-electron chi connectivity index (χ2n) is 6.48. The van der Waals surface area contributed by atoms with Gasteiger partial charge in [-0.2, -0.15) is 9.61 Å². The van der Waals surface area contributed by atoms with Crippen LogP contribution in [0.15, 0.2) is 60.8 Å². The molecule has 0 aliphatic carbocycles. The highest BCUT2D eigenvalue weighted by Gasteiger charge is 2.13. The summed E-state index contributed by atoms with van der Waals surface area (Å²) in [5.41, 5.74) is 9.21. The normalized spacial score (nSPS) is 10.9. The molecule has 0 unspecified atom stereocenters.